The molecule has 1 unspecified atom stereocenters. The minimum Gasteiger partial charge on any atom is -0.275 e. The van der Waals surface area contributed by atoms with E-state index in [2.05, 4.69) is 22.0 Å². The van der Waals surface area contributed by atoms with Gasteiger partial charge < -0.3 is 0 Å². The molecule has 0 radical (unpaired) electrons. The number of hydrogen-bond acceptors (Lipinski definition) is 4. The van der Waals surface area contributed by atoms with Gasteiger partial charge in [0.25, 0.3) is 5.56 Å². The molecule has 26 heavy (non-hydrogen) atoms. The highest BCUT2D eigenvalue weighted by atomic mass is 32.1. The molecule has 1 atom stereocenters. The van der Waals surface area contributed by atoms with Crippen LogP contribution in [-0.2, 0) is 6.67 Å². The van der Waals surface area contributed by atoms with E-state index in [1.54, 1.807) is 0 Å². The maximum absolute atomic E-state index is 12.7. The van der Waals surface area contributed by atoms with Crippen LogP contribution in [0.1, 0.15) is 17.3 Å². The lowest BCUT2D eigenvalue weighted by Crippen LogP contribution is -2.31. The molecule has 4 nitrogen and oxygen atoms in total. The third-order valence-corrected chi connectivity index (χ3v) is 5.48. The first kappa shape index (κ1) is 16.7. The fraction of sp³-hybridized carbons (Fsp3) is 0.143. The molecule has 0 aliphatic rings. The van der Waals surface area contributed by atoms with Gasteiger partial charge in [0.05, 0.1) is 28.5 Å². The number of fused-ring (bicyclic) bond motifs is 1. The summed E-state index contributed by atoms with van der Waals surface area (Å²) in [7, 11) is 2.03. The zero-order valence-corrected chi connectivity index (χ0v) is 15.3. The SMILES string of the molecule is CN(Cn1sc2ccccc2c1=O)C(c1ccccc1)c1ccccn1. The van der Waals surface area contributed by atoms with E-state index in [4.69, 9.17) is 0 Å². The molecule has 0 fully saturated rings. The molecule has 4 rings (SSSR count). The number of pyridine rings is 1. The van der Waals surface area contributed by atoms with Gasteiger partial charge in [0.1, 0.15) is 0 Å². The Kier molecular flexibility index (Phi) is 4.65. The highest BCUT2D eigenvalue weighted by Gasteiger charge is 2.21. The van der Waals surface area contributed by atoms with Gasteiger partial charge >= 0.3 is 0 Å². The summed E-state index contributed by atoms with van der Waals surface area (Å²) in [5.74, 6) is 0. The third-order valence-electron chi connectivity index (χ3n) is 4.43. The zero-order chi connectivity index (χ0) is 17.9. The van der Waals surface area contributed by atoms with Crippen molar-refractivity contribution in [2.45, 2.75) is 12.7 Å². The Bertz CT molecular complexity index is 1020. The van der Waals surface area contributed by atoms with E-state index >= 15 is 0 Å². The molecule has 0 N–H and O–H groups in total. The number of benzene rings is 2. The number of aromatic nitrogens is 2. The van der Waals surface area contributed by atoms with Crippen LogP contribution in [0.15, 0.2) is 83.8 Å². The van der Waals surface area contributed by atoms with Crippen molar-refractivity contribution in [2.24, 2.45) is 0 Å². The van der Waals surface area contributed by atoms with Crippen LogP contribution in [-0.4, -0.2) is 20.9 Å². The third kappa shape index (κ3) is 3.19. The van der Waals surface area contributed by atoms with E-state index in [1.807, 2.05) is 77.9 Å². The van der Waals surface area contributed by atoms with Gasteiger partial charge in [0, 0.05) is 6.20 Å². The molecule has 0 aliphatic carbocycles. The molecule has 0 aliphatic heterocycles. The van der Waals surface area contributed by atoms with Gasteiger partial charge in [-0.25, -0.2) is 3.96 Å². The first-order valence-electron chi connectivity index (χ1n) is 8.49. The van der Waals surface area contributed by atoms with Crippen molar-refractivity contribution in [1.29, 1.82) is 0 Å². The van der Waals surface area contributed by atoms with E-state index < -0.39 is 0 Å². The maximum Gasteiger partial charge on any atom is 0.269 e. The molecule has 2 aromatic carbocycles. The van der Waals surface area contributed by atoms with Gasteiger partial charge in [-0.15, -0.1) is 0 Å². The van der Waals surface area contributed by atoms with E-state index in [0.717, 1.165) is 21.3 Å². The number of hydrogen-bond donors (Lipinski definition) is 0. The fourth-order valence-electron chi connectivity index (χ4n) is 3.22. The molecular weight excluding hydrogens is 342 g/mol. The van der Waals surface area contributed by atoms with Crippen molar-refractivity contribution in [3.63, 3.8) is 0 Å². The Morgan fingerprint density at radius 3 is 2.46 bits per heavy atom. The molecule has 2 aromatic heterocycles. The number of rotatable bonds is 5. The van der Waals surface area contributed by atoms with Crippen molar-refractivity contribution in [3.05, 3.63) is 101 Å². The summed E-state index contributed by atoms with van der Waals surface area (Å²) >= 11 is 1.50. The topological polar surface area (TPSA) is 38.1 Å². The summed E-state index contributed by atoms with van der Waals surface area (Å²) < 4.78 is 2.82. The molecule has 130 valence electrons. The van der Waals surface area contributed by atoms with E-state index in [9.17, 15) is 4.79 Å². The van der Waals surface area contributed by atoms with Crippen LogP contribution in [0.2, 0.25) is 0 Å². The summed E-state index contributed by atoms with van der Waals surface area (Å²) in [5.41, 5.74) is 2.18. The van der Waals surface area contributed by atoms with Gasteiger partial charge in [-0.2, -0.15) is 0 Å². The summed E-state index contributed by atoms with van der Waals surface area (Å²) in [6, 6.07) is 24.0. The molecule has 0 bridgehead atoms. The highest BCUT2D eigenvalue weighted by Crippen LogP contribution is 2.27. The van der Waals surface area contributed by atoms with E-state index in [0.29, 0.717) is 6.67 Å². The van der Waals surface area contributed by atoms with E-state index in [-0.39, 0.29) is 11.6 Å². The summed E-state index contributed by atoms with van der Waals surface area (Å²) in [6.45, 7) is 0.508. The van der Waals surface area contributed by atoms with Crippen LogP contribution in [0.25, 0.3) is 10.1 Å². The molecule has 0 saturated carbocycles. The lowest BCUT2D eigenvalue weighted by atomic mass is 10.0. The van der Waals surface area contributed by atoms with Crippen molar-refractivity contribution >= 4 is 21.6 Å². The maximum atomic E-state index is 12.7. The first-order valence-corrected chi connectivity index (χ1v) is 9.26. The molecule has 0 spiro atoms. The predicted molar refractivity (Wildman–Crippen MR) is 106 cm³/mol. The standard InChI is InChI=1S/C21H19N3OS/c1-23(15-24-21(25)17-11-5-6-13-19(17)26-24)20(16-9-3-2-4-10-16)18-12-7-8-14-22-18/h2-14,20H,15H2,1H3. The van der Waals surface area contributed by atoms with Crippen molar-refractivity contribution < 1.29 is 0 Å². The molecule has 5 heteroatoms. The van der Waals surface area contributed by atoms with Crippen LogP contribution >= 0.6 is 11.5 Å². The Morgan fingerprint density at radius 1 is 1.00 bits per heavy atom. The summed E-state index contributed by atoms with van der Waals surface area (Å²) in [5, 5.41) is 0.778. The van der Waals surface area contributed by atoms with Gasteiger partial charge in [-0.05, 0) is 36.9 Å². The Hall–Kier alpha value is -2.76. The Balaban J connectivity index is 1.71. The van der Waals surface area contributed by atoms with E-state index in [1.165, 1.54) is 11.5 Å². The molecular formula is C21H19N3OS. The largest absolute Gasteiger partial charge is 0.275 e. The second-order valence-electron chi connectivity index (χ2n) is 6.24. The second-order valence-corrected chi connectivity index (χ2v) is 7.30. The summed E-state index contributed by atoms with van der Waals surface area (Å²) in [6.07, 6.45) is 1.81. The summed E-state index contributed by atoms with van der Waals surface area (Å²) in [4.78, 5) is 19.4. The molecule has 2 heterocycles. The van der Waals surface area contributed by atoms with Crippen molar-refractivity contribution in [2.75, 3.05) is 7.05 Å². The Morgan fingerprint density at radius 2 is 1.73 bits per heavy atom. The minimum absolute atomic E-state index is 0.0190. The average molecular weight is 361 g/mol. The zero-order valence-electron chi connectivity index (χ0n) is 14.4. The van der Waals surface area contributed by atoms with Crippen LogP contribution < -0.4 is 5.56 Å². The van der Waals surface area contributed by atoms with Crippen molar-refractivity contribution in [3.8, 4) is 0 Å². The monoisotopic (exact) mass is 361 g/mol. The van der Waals surface area contributed by atoms with Crippen LogP contribution in [0.5, 0.6) is 0 Å². The van der Waals surface area contributed by atoms with Crippen LogP contribution in [0.4, 0.5) is 0 Å². The van der Waals surface area contributed by atoms with Gasteiger partial charge in [0.2, 0.25) is 0 Å². The normalized spacial score (nSPS) is 12.5. The average Bonchev–Trinajstić information content (AvgIpc) is 2.99. The minimum atomic E-state index is -0.0190. The highest BCUT2D eigenvalue weighted by molar-refractivity contribution is 7.13. The molecule has 0 amide bonds. The van der Waals surface area contributed by atoms with Crippen LogP contribution in [0, 0.1) is 0 Å². The second kappa shape index (κ2) is 7.23. The van der Waals surface area contributed by atoms with Gasteiger partial charge in [-0.1, -0.05) is 60.1 Å². The van der Waals surface area contributed by atoms with Gasteiger partial charge in [-0.3, -0.25) is 14.7 Å². The van der Waals surface area contributed by atoms with Crippen LogP contribution in [0.3, 0.4) is 0 Å². The predicted octanol–water partition coefficient (Wildman–Crippen LogP) is 4.14. The quantitative estimate of drug-likeness (QED) is 0.536. The lowest BCUT2D eigenvalue weighted by molar-refractivity contribution is 0.224. The number of nitrogens with zero attached hydrogens (tertiary/aromatic N) is 3. The first-order chi connectivity index (χ1) is 12.7. The Labute approximate surface area is 156 Å². The lowest BCUT2D eigenvalue weighted by Gasteiger charge is -2.28. The van der Waals surface area contributed by atoms with Crippen molar-refractivity contribution in [1.82, 2.24) is 13.8 Å². The molecule has 4 aromatic rings. The fourth-order valence-corrected chi connectivity index (χ4v) is 4.27. The molecule has 0 saturated heterocycles. The van der Waals surface area contributed by atoms with Gasteiger partial charge in [0.15, 0.2) is 0 Å². The smallest absolute Gasteiger partial charge is 0.269 e.